The Hall–Kier alpha value is -1.92. The second-order valence-corrected chi connectivity index (χ2v) is 5.91. The second-order valence-electron chi connectivity index (χ2n) is 5.91. The summed E-state index contributed by atoms with van der Waals surface area (Å²) in [5.74, 6) is 1.11. The maximum atomic E-state index is 12.1. The Morgan fingerprint density at radius 2 is 2.00 bits per heavy atom. The third kappa shape index (κ3) is 4.29. The summed E-state index contributed by atoms with van der Waals surface area (Å²) < 4.78 is 28.5. The molecule has 5 nitrogen and oxygen atoms in total. The van der Waals surface area contributed by atoms with E-state index in [0.717, 1.165) is 0 Å². The highest BCUT2D eigenvalue weighted by Gasteiger charge is 2.42. The minimum atomic E-state index is -2.91. The summed E-state index contributed by atoms with van der Waals surface area (Å²) in [6.45, 7) is -2.66. The van der Waals surface area contributed by atoms with Gasteiger partial charge in [-0.15, -0.1) is 0 Å². The molecular formula is C15H19F2N3O2. The number of hydrogen-bond donors (Lipinski definition) is 2. The first-order valence-electron chi connectivity index (χ1n) is 7.56. The molecular weight excluding hydrogens is 292 g/mol. The average Bonchev–Trinajstić information content (AvgIpc) is 3.36. The average molecular weight is 311 g/mol. The Morgan fingerprint density at radius 3 is 2.59 bits per heavy atom. The molecule has 1 aromatic heterocycles. The van der Waals surface area contributed by atoms with Crippen LogP contribution >= 0.6 is 0 Å². The van der Waals surface area contributed by atoms with Crippen LogP contribution in [0.25, 0.3) is 0 Å². The van der Waals surface area contributed by atoms with Gasteiger partial charge in [0, 0.05) is 24.8 Å². The zero-order chi connectivity index (χ0) is 15.5. The van der Waals surface area contributed by atoms with Gasteiger partial charge >= 0.3 is 12.6 Å². The van der Waals surface area contributed by atoms with Crippen LogP contribution < -0.4 is 15.4 Å². The maximum Gasteiger partial charge on any atom is 0.388 e. The van der Waals surface area contributed by atoms with Gasteiger partial charge in [-0.2, -0.15) is 8.78 Å². The molecule has 0 aliphatic heterocycles. The Morgan fingerprint density at radius 1 is 1.32 bits per heavy atom. The van der Waals surface area contributed by atoms with Crippen molar-refractivity contribution in [1.29, 1.82) is 0 Å². The minimum absolute atomic E-state index is 0.149. The lowest BCUT2D eigenvalue weighted by Gasteiger charge is -2.18. The Kier molecular flexibility index (Phi) is 4.40. The number of rotatable bonds is 7. The number of alkyl halides is 2. The van der Waals surface area contributed by atoms with Gasteiger partial charge in [0.1, 0.15) is 0 Å². The van der Waals surface area contributed by atoms with Crippen molar-refractivity contribution in [2.24, 2.45) is 11.8 Å². The molecule has 2 N–H and O–H groups in total. The number of nitrogens with one attached hydrogen (secondary N) is 2. The smallest absolute Gasteiger partial charge is 0.388 e. The fraction of sp³-hybridized carbons (Fsp3) is 0.600. The van der Waals surface area contributed by atoms with Crippen LogP contribution in [0.3, 0.4) is 0 Å². The topological polar surface area (TPSA) is 63.2 Å². The van der Waals surface area contributed by atoms with Gasteiger partial charge < -0.3 is 15.4 Å². The molecule has 7 heteroatoms. The van der Waals surface area contributed by atoms with Crippen molar-refractivity contribution in [2.45, 2.75) is 44.9 Å². The van der Waals surface area contributed by atoms with Gasteiger partial charge in [-0.3, -0.25) is 0 Å². The van der Waals surface area contributed by atoms with Crippen LogP contribution in [0.5, 0.6) is 5.88 Å². The van der Waals surface area contributed by atoms with E-state index in [1.54, 1.807) is 6.07 Å². The van der Waals surface area contributed by atoms with E-state index in [1.165, 1.54) is 37.9 Å². The highest BCUT2D eigenvalue weighted by molar-refractivity contribution is 5.74. The Labute approximate surface area is 127 Å². The summed E-state index contributed by atoms with van der Waals surface area (Å²) in [6.07, 6.45) is 6.16. The monoisotopic (exact) mass is 311 g/mol. The van der Waals surface area contributed by atoms with Gasteiger partial charge in [-0.05, 0) is 49.1 Å². The number of ether oxygens (including phenoxy) is 1. The lowest BCUT2D eigenvalue weighted by molar-refractivity contribution is -0.0529. The van der Waals surface area contributed by atoms with E-state index in [1.807, 2.05) is 0 Å². The number of urea groups is 1. The highest BCUT2D eigenvalue weighted by Crippen LogP contribution is 2.44. The molecule has 2 aliphatic carbocycles. The zero-order valence-corrected chi connectivity index (χ0v) is 12.1. The summed E-state index contributed by atoms with van der Waals surface area (Å²) in [7, 11) is 0. The molecule has 0 bridgehead atoms. The van der Waals surface area contributed by atoms with Crippen molar-refractivity contribution in [3.63, 3.8) is 0 Å². The van der Waals surface area contributed by atoms with E-state index < -0.39 is 6.61 Å². The molecule has 0 unspecified atom stereocenters. The Balaban J connectivity index is 1.48. The van der Waals surface area contributed by atoms with Gasteiger partial charge in [-0.1, -0.05) is 0 Å². The van der Waals surface area contributed by atoms with Crippen molar-refractivity contribution in [3.05, 3.63) is 23.9 Å². The molecule has 2 saturated carbocycles. The normalized spacial score (nSPS) is 17.6. The molecule has 2 aliphatic rings. The lowest BCUT2D eigenvalue weighted by Crippen LogP contribution is -2.44. The first-order chi connectivity index (χ1) is 10.6. The summed E-state index contributed by atoms with van der Waals surface area (Å²) in [5.41, 5.74) is 0.662. The van der Waals surface area contributed by atoms with Crippen molar-refractivity contribution >= 4 is 6.03 Å². The predicted octanol–water partition coefficient (Wildman–Crippen LogP) is 2.67. The lowest BCUT2D eigenvalue weighted by atomic mass is 10.1. The predicted molar refractivity (Wildman–Crippen MR) is 75.5 cm³/mol. The molecule has 0 spiro atoms. The quantitative estimate of drug-likeness (QED) is 0.814. The molecule has 1 heterocycles. The number of nitrogens with zero attached hydrogens (tertiary/aromatic N) is 1. The molecule has 1 aromatic rings. The van der Waals surface area contributed by atoms with Crippen LogP contribution in [0.15, 0.2) is 18.3 Å². The van der Waals surface area contributed by atoms with E-state index in [2.05, 4.69) is 20.4 Å². The van der Waals surface area contributed by atoms with Crippen molar-refractivity contribution in [2.75, 3.05) is 0 Å². The summed E-state index contributed by atoms with van der Waals surface area (Å²) in [4.78, 5) is 15.7. The zero-order valence-electron chi connectivity index (χ0n) is 12.1. The van der Waals surface area contributed by atoms with Crippen LogP contribution in [0.4, 0.5) is 13.6 Å². The van der Waals surface area contributed by atoms with Crippen molar-refractivity contribution in [3.8, 4) is 5.88 Å². The van der Waals surface area contributed by atoms with E-state index in [0.29, 0.717) is 17.4 Å². The number of carbonyl (C=O) groups is 1. The number of amides is 2. The van der Waals surface area contributed by atoms with Crippen LogP contribution in [-0.2, 0) is 6.54 Å². The van der Waals surface area contributed by atoms with Gasteiger partial charge in [-0.25, -0.2) is 9.78 Å². The van der Waals surface area contributed by atoms with Crippen LogP contribution in [0.2, 0.25) is 0 Å². The van der Waals surface area contributed by atoms with E-state index in [-0.39, 0.29) is 24.5 Å². The largest absolute Gasteiger partial charge is 0.417 e. The number of aromatic nitrogens is 1. The van der Waals surface area contributed by atoms with Crippen molar-refractivity contribution < 1.29 is 18.3 Å². The molecule has 0 atom stereocenters. The number of carbonyl (C=O) groups excluding carboxylic acids is 1. The van der Waals surface area contributed by atoms with E-state index in [4.69, 9.17) is 0 Å². The molecule has 120 valence electrons. The fourth-order valence-corrected chi connectivity index (χ4v) is 2.63. The van der Waals surface area contributed by atoms with Crippen LogP contribution in [0.1, 0.15) is 31.2 Å². The number of halogens is 2. The van der Waals surface area contributed by atoms with E-state index in [9.17, 15) is 13.6 Å². The first-order valence-corrected chi connectivity index (χ1v) is 7.56. The highest BCUT2D eigenvalue weighted by atomic mass is 19.3. The third-order valence-electron chi connectivity index (χ3n) is 4.02. The van der Waals surface area contributed by atoms with Crippen molar-refractivity contribution in [1.82, 2.24) is 15.6 Å². The maximum absolute atomic E-state index is 12.1. The van der Waals surface area contributed by atoms with Crippen LogP contribution in [0, 0.1) is 11.8 Å². The summed E-state index contributed by atoms with van der Waals surface area (Å²) in [6, 6.07) is 3.12. The van der Waals surface area contributed by atoms with Gasteiger partial charge in [0.25, 0.3) is 0 Å². The third-order valence-corrected chi connectivity index (χ3v) is 4.02. The molecule has 0 saturated heterocycles. The fourth-order valence-electron chi connectivity index (χ4n) is 2.63. The Bertz CT molecular complexity index is 521. The molecule has 22 heavy (non-hydrogen) atoms. The minimum Gasteiger partial charge on any atom is -0.417 e. The number of pyridine rings is 1. The first kappa shape index (κ1) is 15.0. The van der Waals surface area contributed by atoms with Gasteiger partial charge in [0.15, 0.2) is 0 Å². The molecule has 2 amide bonds. The number of hydrogen-bond acceptors (Lipinski definition) is 3. The molecule has 0 radical (unpaired) electrons. The molecule has 2 fully saturated rings. The second kappa shape index (κ2) is 6.46. The van der Waals surface area contributed by atoms with Crippen LogP contribution in [-0.4, -0.2) is 23.7 Å². The summed E-state index contributed by atoms with van der Waals surface area (Å²) in [5, 5.41) is 5.80. The molecule has 0 aromatic carbocycles. The van der Waals surface area contributed by atoms with Gasteiger partial charge in [0.2, 0.25) is 5.88 Å². The standard InChI is InChI=1S/C15H19F2N3O2/c16-14(17)22-12-7-9(5-6-18-12)8-19-15(21)20-13(10-1-2-10)11-3-4-11/h5-7,10-11,13-14H,1-4,8H2,(H2,19,20,21). The SMILES string of the molecule is O=C(NCc1ccnc(OC(F)F)c1)NC(C1CC1)C1CC1. The van der Waals surface area contributed by atoms with E-state index >= 15 is 0 Å². The molecule has 3 rings (SSSR count). The van der Waals surface area contributed by atoms with Gasteiger partial charge in [0.05, 0.1) is 0 Å². The summed E-state index contributed by atoms with van der Waals surface area (Å²) >= 11 is 0.